The van der Waals surface area contributed by atoms with E-state index in [1.807, 2.05) is 29.9 Å². The fourth-order valence-electron chi connectivity index (χ4n) is 3.42. The van der Waals surface area contributed by atoms with Crippen molar-refractivity contribution in [3.05, 3.63) is 70.2 Å². The summed E-state index contributed by atoms with van der Waals surface area (Å²) in [6.07, 6.45) is 3.49. The molecule has 0 fully saturated rings. The number of fused-ring (bicyclic) bond motifs is 2. The number of pyridine rings is 1. The number of para-hydroxylation sites is 1. The van der Waals surface area contributed by atoms with Gasteiger partial charge in [0.25, 0.3) is 0 Å². The summed E-state index contributed by atoms with van der Waals surface area (Å²) in [5, 5.41) is 4.54. The Kier molecular flexibility index (Phi) is 4.03. The van der Waals surface area contributed by atoms with E-state index < -0.39 is 0 Å². The van der Waals surface area contributed by atoms with E-state index in [1.54, 1.807) is 17.7 Å². The lowest BCUT2D eigenvalue weighted by Gasteiger charge is -2.13. The number of aryl methyl sites for hydroxylation is 1. The van der Waals surface area contributed by atoms with Gasteiger partial charge in [-0.15, -0.1) is 11.3 Å². The molecule has 4 heterocycles. The van der Waals surface area contributed by atoms with Gasteiger partial charge >= 0.3 is 0 Å². The highest BCUT2D eigenvalue weighted by atomic mass is 32.1. The van der Waals surface area contributed by atoms with Crippen molar-refractivity contribution in [2.45, 2.75) is 26.6 Å². The van der Waals surface area contributed by atoms with Crippen LogP contribution in [0.2, 0.25) is 0 Å². The maximum atomic E-state index is 4.52. The van der Waals surface area contributed by atoms with Gasteiger partial charge in [-0.3, -0.25) is 9.88 Å². The predicted octanol–water partition coefficient (Wildman–Crippen LogP) is 4.05. The van der Waals surface area contributed by atoms with Gasteiger partial charge < -0.3 is 5.32 Å². The molecule has 5 rings (SSSR count). The molecule has 0 radical (unpaired) electrons. The minimum Gasteiger partial charge on any atom is -0.339 e. The first-order valence-electron chi connectivity index (χ1n) is 8.82. The zero-order valence-electron chi connectivity index (χ0n) is 14.9. The molecule has 1 aromatic carbocycles. The minimum atomic E-state index is 0.830. The van der Waals surface area contributed by atoms with Crippen molar-refractivity contribution in [1.29, 1.82) is 0 Å². The van der Waals surface area contributed by atoms with Crippen molar-refractivity contribution in [1.82, 2.24) is 24.8 Å². The highest BCUT2D eigenvalue weighted by molar-refractivity contribution is 7.09. The second-order valence-electron chi connectivity index (χ2n) is 6.70. The van der Waals surface area contributed by atoms with Crippen molar-refractivity contribution in [2.75, 3.05) is 5.32 Å². The molecule has 4 aromatic rings. The summed E-state index contributed by atoms with van der Waals surface area (Å²) in [6.45, 7) is 4.62. The second kappa shape index (κ2) is 6.68. The monoisotopic (exact) mass is 374 g/mol. The number of rotatable bonds is 4. The van der Waals surface area contributed by atoms with E-state index in [1.165, 1.54) is 4.88 Å². The standard InChI is InChI=1S/C20H18N6S/c1-13-19(27-12-24-13)10-26-8-16-18(9-26)22-11-23-20(16)25-15-6-14-4-2-3-5-17(14)21-7-15/h2-7,11-12H,8-10H2,1H3,(H,22,23,25). The molecule has 7 heteroatoms. The van der Waals surface area contributed by atoms with Gasteiger partial charge in [-0.05, 0) is 19.1 Å². The van der Waals surface area contributed by atoms with Gasteiger partial charge in [0.05, 0.1) is 34.3 Å². The van der Waals surface area contributed by atoms with Gasteiger partial charge in [0, 0.05) is 35.5 Å². The lowest BCUT2D eigenvalue weighted by Crippen LogP contribution is -2.15. The summed E-state index contributed by atoms with van der Waals surface area (Å²) in [5.74, 6) is 0.862. The van der Waals surface area contributed by atoms with Crippen LogP contribution in [0, 0.1) is 6.92 Å². The Labute approximate surface area is 161 Å². The van der Waals surface area contributed by atoms with Gasteiger partial charge in [0.15, 0.2) is 0 Å². The van der Waals surface area contributed by atoms with Crippen molar-refractivity contribution in [3.63, 3.8) is 0 Å². The summed E-state index contributed by atoms with van der Waals surface area (Å²) in [4.78, 5) is 21.5. The smallest absolute Gasteiger partial charge is 0.138 e. The molecule has 0 spiro atoms. The molecule has 1 N–H and O–H groups in total. The Bertz CT molecular complexity index is 1120. The molecule has 6 nitrogen and oxygen atoms in total. The highest BCUT2D eigenvalue weighted by Crippen LogP contribution is 2.30. The molecule has 0 saturated carbocycles. The molecule has 0 aliphatic carbocycles. The van der Waals surface area contributed by atoms with Crippen LogP contribution in [0.4, 0.5) is 11.5 Å². The van der Waals surface area contributed by atoms with E-state index >= 15 is 0 Å². The SMILES string of the molecule is Cc1ncsc1CN1Cc2ncnc(Nc3cnc4ccccc4c3)c2C1. The van der Waals surface area contributed by atoms with Crippen molar-refractivity contribution < 1.29 is 0 Å². The fourth-order valence-corrected chi connectivity index (χ4v) is 4.24. The summed E-state index contributed by atoms with van der Waals surface area (Å²) in [5.41, 5.74) is 7.19. The molecular formula is C20H18N6S. The molecule has 0 atom stereocenters. The summed E-state index contributed by atoms with van der Waals surface area (Å²) in [7, 11) is 0. The maximum Gasteiger partial charge on any atom is 0.138 e. The molecule has 134 valence electrons. The summed E-state index contributed by atoms with van der Waals surface area (Å²) >= 11 is 1.71. The van der Waals surface area contributed by atoms with Crippen molar-refractivity contribution in [3.8, 4) is 0 Å². The predicted molar refractivity (Wildman–Crippen MR) is 107 cm³/mol. The maximum absolute atomic E-state index is 4.52. The quantitative estimate of drug-likeness (QED) is 0.581. The van der Waals surface area contributed by atoms with Crippen LogP contribution in [-0.4, -0.2) is 24.8 Å². The lowest BCUT2D eigenvalue weighted by molar-refractivity contribution is 0.276. The molecular weight excluding hydrogens is 356 g/mol. The summed E-state index contributed by atoms with van der Waals surface area (Å²) in [6, 6.07) is 10.2. The topological polar surface area (TPSA) is 66.8 Å². The molecule has 0 amide bonds. The first kappa shape index (κ1) is 16.3. The number of benzene rings is 1. The third-order valence-corrected chi connectivity index (χ3v) is 5.77. The van der Waals surface area contributed by atoms with E-state index in [4.69, 9.17) is 0 Å². The van der Waals surface area contributed by atoms with Gasteiger partial charge in [-0.2, -0.15) is 0 Å². The van der Waals surface area contributed by atoms with Crippen LogP contribution in [0.25, 0.3) is 10.9 Å². The number of hydrogen-bond acceptors (Lipinski definition) is 7. The van der Waals surface area contributed by atoms with Gasteiger partial charge in [0.1, 0.15) is 12.1 Å². The first-order chi connectivity index (χ1) is 13.3. The van der Waals surface area contributed by atoms with Crippen LogP contribution < -0.4 is 5.32 Å². The Hall–Kier alpha value is -2.90. The zero-order valence-corrected chi connectivity index (χ0v) is 15.7. The van der Waals surface area contributed by atoms with Crippen LogP contribution in [0.5, 0.6) is 0 Å². The second-order valence-corrected chi connectivity index (χ2v) is 7.63. The fraction of sp³-hybridized carbons (Fsp3) is 0.200. The molecule has 1 aliphatic heterocycles. The van der Waals surface area contributed by atoms with Crippen LogP contribution >= 0.6 is 11.3 Å². The average molecular weight is 374 g/mol. The van der Waals surface area contributed by atoms with E-state index in [0.29, 0.717) is 0 Å². The van der Waals surface area contributed by atoms with E-state index in [9.17, 15) is 0 Å². The average Bonchev–Trinajstić information content (AvgIpc) is 3.28. The zero-order chi connectivity index (χ0) is 18.2. The normalized spacial score (nSPS) is 13.8. The Morgan fingerprint density at radius 2 is 2.04 bits per heavy atom. The van der Waals surface area contributed by atoms with Crippen LogP contribution in [-0.2, 0) is 19.6 Å². The number of nitrogens with one attached hydrogen (secondary N) is 1. The Morgan fingerprint density at radius 1 is 1.11 bits per heavy atom. The summed E-state index contributed by atoms with van der Waals surface area (Å²) < 4.78 is 0. The molecule has 0 unspecified atom stereocenters. The van der Waals surface area contributed by atoms with Gasteiger partial charge in [-0.1, -0.05) is 18.2 Å². The Morgan fingerprint density at radius 3 is 2.93 bits per heavy atom. The van der Waals surface area contributed by atoms with E-state index in [2.05, 4.69) is 49.2 Å². The van der Waals surface area contributed by atoms with Crippen molar-refractivity contribution in [2.24, 2.45) is 0 Å². The van der Waals surface area contributed by atoms with Crippen LogP contribution in [0.3, 0.4) is 0 Å². The van der Waals surface area contributed by atoms with Gasteiger partial charge in [-0.25, -0.2) is 15.0 Å². The molecule has 27 heavy (non-hydrogen) atoms. The lowest BCUT2D eigenvalue weighted by atomic mass is 10.2. The Balaban J connectivity index is 1.39. The largest absolute Gasteiger partial charge is 0.339 e. The number of aromatic nitrogens is 4. The molecule has 0 saturated heterocycles. The van der Waals surface area contributed by atoms with E-state index in [0.717, 1.165) is 59.0 Å². The molecule has 0 bridgehead atoms. The minimum absolute atomic E-state index is 0.830. The first-order valence-corrected chi connectivity index (χ1v) is 9.70. The molecule has 1 aliphatic rings. The number of hydrogen-bond donors (Lipinski definition) is 1. The number of nitrogens with zero attached hydrogens (tertiary/aromatic N) is 5. The third-order valence-electron chi connectivity index (χ3n) is 4.85. The van der Waals surface area contributed by atoms with E-state index in [-0.39, 0.29) is 0 Å². The number of thiazole rings is 1. The van der Waals surface area contributed by atoms with Crippen LogP contribution in [0.1, 0.15) is 21.8 Å². The van der Waals surface area contributed by atoms with Gasteiger partial charge in [0.2, 0.25) is 0 Å². The number of anilines is 2. The van der Waals surface area contributed by atoms with Crippen LogP contribution in [0.15, 0.2) is 48.4 Å². The highest BCUT2D eigenvalue weighted by Gasteiger charge is 2.24. The molecule has 3 aromatic heterocycles. The third kappa shape index (κ3) is 3.15. The van der Waals surface area contributed by atoms with Crippen molar-refractivity contribution >= 4 is 33.7 Å².